The molecule has 4 fully saturated rings. The molecule has 7 heteroatoms. The van der Waals surface area contributed by atoms with Crippen LogP contribution in [-0.2, 0) is 23.8 Å². The van der Waals surface area contributed by atoms with Crippen molar-refractivity contribution in [1.29, 1.82) is 5.26 Å². The predicted molar refractivity (Wildman–Crippen MR) is 73.2 cm³/mol. The summed E-state index contributed by atoms with van der Waals surface area (Å²) in [7, 11) is 0. The average molecular weight is 310 g/mol. The van der Waals surface area contributed by atoms with Crippen LogP contribution >= 0.6 is 0 Å². The van der Waals surface area contributed by atoms with E-state index in [1.165, 1.54) is 0 Å². The van der Waals surface area contributed by atoms with Crippen LogP contribution in [0.1, 0.15) is 34.1 Å². The van der Waals surface area contributed by atoms with Crippen molar-refractivity contribution < 1.29 is 23.8 Å². The number of nitrogens with zero attached hydrogens (tertiary/aromatic N) is 2. The zero-order valence-electron chi connectivity index (χ0n) is 13.3. The highest BCUT2D eigenvalue weighted by atomic mass is 16.8. The predicted octanol–water partition coefficient (Wildman–Crippen LogP) is 0.938. The molecule has 6 atom stereocenters. The SMILES string of the molecule is CC1(C)O[C@@H]2[C@H](O1)[C@@H]([C@H]1COC(C)(C)O1)N1O[C@H](C#N)C[C@@H]21. The van der Waals surface area contributed by atoms with Gasteiger partial charge in [-0.25, -0.2) is 0 Å². The van der Waals surface area contributed by atoms with Gasteiger partial charge >= 0.3 is 0 Å². The van der Waals surface area contributed by atoms with Crippen LogP contribution < -0.4 is 0 Å². The van der Waals surface area contributed by atoms with Crippen molar-refractivity contribution in [1.82, 2.24) is 5.06 Å². The molecule has 0 N–H and O–H groups in total. The Bertz CT molecular complexity index is 517. The number of hydroxylamine groups is 2. The second-order valence-electron chi connectivity index (χ2n) is 7.31. The van der Waals surface area contributed by atoms with E-state index in [1.807, 2.05) is 32.8 Å². The number of hydrogen-bond acceptors (Lipinski definition) is 7. The summed E-state index contributed by atoms with van der Waals surface area (Å²) in [4.78, 5) is 5.81. The highest BCUT2D eigenvalue weighted by Gasteiger charge is 2.64. The van der Waals surface area contributed by atoms with Crippen molar-refractivity contribution >= 4 is 0 Å². The lowest BCUT2D eigenvalue weighted by Crippen LogP contribution is -2.48. The van der Waals surface area contributed by atoms with E-state index in [9.17, 15) is 0 Å². The molecule has 0 aromatic carbocycles. The lowest BCUT2D eigenvalue weighted by Gasteiger charge is -2.31. The Labute approximate surface area is 129 Å². The second-order valence-corrected chi connectivity index (χ2v) is 7.31. The maximum absolute atomic E-state index is 9.17. The summed E-state index contributed by atoms with van der Waals surface area (Å²) >= 11 is 0. The molecule has 4 saturated heterocycles. The van der Waals surface area contributed by atoms with Crippen molar-refractivity contribution in [2.24, 2.45) is 0 Å². The first-order valence-electron chi connectivity index (χ1n) is 7.82. The van der Waals surface area contributed by atoms with Gasteiger partial charge in [-0.3, -0.25) is 4.84 Å². The molecule has 0 radical (unpaired) electrons. The van der Waals surface area contributed by atoms with E-state index in [1.54, 1.807) is 0 Å². The van der Waals surface area contributed by atoms with Crippen molar-refractivity contribution in [3.63, 3.8) is 0 Å². The number of nitriles is 1. The molecule has 0 saturated carbocycles. The van der Waals surface area contributed by atoms with Crippen molar-refractivity contribution in [2.75, 3.05) is 6.61 Å². The fraction of sp³-hybridized carbons (Fsp3) is 0.933. The monoisotopic (exact) mass is 310 g/mol. The Morgan fingerprint density at radius 1 is 1.05 bits per heavy atom. The van der Waals surface area contributed by atoms with Crippen LogP contribution in [0.5, 0.6) is 0 Å². The van der Waals surface area contributed by atoms with E-state index in [-0.39, 0.29) is 30.4 Å². The first-order valence-corrected chi connectivity index (χ1v) is 7.82. The number of fused-ring (bicyclic) bond motifs is 3. The van der Waals surface area contributed by atoms with Crippen molar-refractivity contribution in [2.45, 2.75) is 82.2 Å². The Morgan fingerprint density at radius 2 is 1.77 bits per heavy atom. The van der Waals surface area contributed by atoms with Crippen LogP contribution in [0.3, 0.4) is 0 Å². The van der Waals surface area contributed by atoms with E-state index in [0.29, 0.717) is 13.0 Å². The van der Waals surface area contributed by atoms with Crippen LogP contribution in [0, 0.1) is 11.3 Å². The summed E-state index contributed by atoms with van der Waals surface area (Å²) in [5.74, 6) is -1.24. The molecular formula is C15H22N2O5. The second kappa shape index (κ2) is 4.63. The molecule has 0 amide bonds. The minimum Gasteiger partial charge on any atom is -0.348 e. The van der Waals surface area contributed by atoms with E-state index in [2.05, 4.69) is 6.07 Å². The summed E-state index contributed by atoms with van der Waals surface area (Å²) in [5.41, 5.74) is 0. The molecule has 0 spiro atoms. The summed E-state index contributed by atoms with van der Waals surface area (Å²) in [6.07, 6.45) is -0.212. The Balaban J connectivity index is 1.62. The van der Waals surface area contributed by atoms with Crippen molar-refractivity contribution in [3.8, 4) is 6.07 Å². The fourth-order valence-electron chi connectivity index (χ4n) is 4.02. The van der Waals surface area contributed by atoms with Crippen LogP contribution in [0.2, 0.25) is 0 Å². The summed E-state index contributed by atoms with van der Waals surface area (Å²) in [6.45, 7) is 8.11. The summed E-state index contributed by atoms with van der Waals surface area (Å²) in [6, 6.07) is 2.08. The van der Waals surface area contributed by atoms with Gasteiger partial charge in [0.25, 0.3) is 0 Å². The third kappa shape index (κ3) is 2.18. The molecule has 122 valence electrons. The molecule has 4 aliphatic rings. The molecule has 4 rings (SSSR count). The van der Waals surface area contributed by atoms with Gasteiger partial charge in [-0.05, 0) is 27.7 Å². The lowest BCUT2D eigenvalue weighted by molar-refractivity contribution is -0.238. The van der Waals surface area contributed by atoms with E-state index in [4.69, 9.17) is 29.0 Å². The molecule has 0 unspecified atom stereocenters. The fourth-order valence-corrected chi connectivity index (χ4v) is 4.02. The molecule has 0 aromatic rings. The van der Waals surface area contributed by atoms with Gasteiger partial charge in [0.2, 0.25) is 0 Å². The quantitative estimate of drug-likeness (QED) is 0.713. The molecule has 7 nitrogen and oxygen atoms in total. The number of rotatable bonds is 1. The first kappa shape index (κ1) is 14.8. The normalized spacial score (nSPS) is 49.0. The Morgan fingerprint density at radius 3 is 2.41 bits per heavy atom. The third-order valence-electron chi connectivity index (χ3n) is 4.76. The van der Waals surface area contributed by atoms with Gasteiger partial charge < -0.3 is 18.9 Å². The highest BCUT2D eigenvalue weighted by Crippen LogP contribution is 2.47. The highest BCUT2D eigenvalue weighted by molar-refractivity contribution is 5.11. The third-order valence-corrected chi connectivity index (χ3v) is 4.76. The number of ether oxygens (including phenoxy) is 4. The van der Waals surface area contributed by atoms with E-state index in [0.717, 1.165) is 0 Å². The first-order chi connectivity index (χ1) is 10.3. The van der Waals surface area contributed by atoms with Crippen LogP contribution in [0.25, 0.3) is 0 Å². The molecule has 0 bridgehead atoms. The molecule has 0 aliphatic carbocycles. The number of hydrogen-bond donors (Lipinski definition) is 0. The van der Waals surface area contributed by atoms with Gasteiger partial charge in [-0.15, -0.1) is 0 Å². The topological polar surface area (TPSA) is 73.2 Å². The van der Waals surface area contributed by atoms with E-state index < -0.39 is 17.7 Å². The summed E-state index contributed by atoms with van der Waals surface area (Å²) in [5, 5.41) is 11.0. The minimum atomic E-state index is -0.626. The van der Waals surface area contributed by atoms with Crippen LogP contribution in [-0.4, -0.2) is 59.7 Å². The van der Waals surface area contributed by atoms with Gasteiger partial charge in [-0.1, -0.05) is 0 Å². The lowest BCUT2D eigenvalue weighted by atomic mass is 10.0. The maximum atomic E-state index is 9.17. The molecular weight excluding hydrogens is 288 g/mol. The van der Waals surface area contributed by atoms with Gasteiger partial charge in [0.1, 0.15) is 18.3 Å². The maximum Gasteiger partial charge on any atom is 0.167 e. The molecule has 0 aromatic heterocycles. The summed E-state index contributed by atoms with van der Waals surface area (Å²) < 4.78 is 23.9. The largest absolute Gasteiger partial charge is 0.348 e. The van der Waals surface area contributed by atoms with Crippen molar-refractivity contribution in [3.05, 3.63) is 0 Å². The van der Waals surface area contributed by atoms with E-state index >= 15 is 0 Å². The van der Waals surface area contributed by atoms with Gasteiger partial charge in [0.15, 0.2) is 17.7 Å². The average Bonchev–Trinajstić information content (AvgIpc) is 3.10. The molecule has 4 aliphatic heterocycles. The van der Waals surface area contributed by atoms with Crippen LogP contribution in [0.15, 0.2) is 0 Å². The van der Waals surface area contributed by atoms with Gasteiger partial charge in [0, 0.05) is 6.42 Å². The Hall–Kier alpha value is -0.750. The molecule has 22 heavy (non-hydrogen) atoms. The molecule has 4 heterocycles. The van der Waals surface area contributed by atoms with Gasteiger partial charge in [0.05, 0.1) is 24.8 Å². The van der Waals surface area contributed by atoms with Gasteiger partial charge in [-0.2, -0.15) is 10.3 Å². The zero-order valence-corrected chi connectivity index (χ0v) is 13.3. The smallest absolute Gasteiger partial charge is 0.167 e. The minimum absolute atomic E-state index is 0.0220. The Kier molecular flexibility index (Phi) is 3.12. The zero-order chi connectivity index (χ0) is 15.7. The standard InChI is InChI=1S/C15H22N2O5/c1-14(2)18-7-10(19-14)11-13-12(20-15(3,4)21-13)9-5-8(6-16)22-17(9)11/h8-13H,5,7H2,1-4H3/t8-,9-,10+,11+,12-,13+/m0/s1. The van der Waals surface area contributed by atoms with Crippen LogP contribution in [0.4, 0.5) is 0 Å².